The number of nitrogens with zero attached hydrogens (tertiary/aromatic N) is 2. The van der Waals surface area contributed by atoms with E-state index >= 15 is 0 Å². The van der Waals surface area contributed by atoms with E-state index in [0.29, 0.717) is 11.3 Å². The molecule has 20 heavy (non-hydrogen) atoms. The van der Waals surface area contributed by atoms with Crippen molar-refractivity contribution in [3.63, 3.8) is 0 Å². The Balaban J connectivity index is 0.00000147. The maximum atomic E-state index is 12.1. The topological polar surface area (TPSA) is 54.9 Å². The Morgan fingerprint density at radius 2 is 1.80 bits per heavy atom. The summed E-state index contributed by atoms with van der Waals surface area (Å²) < 4.78 is 0. The third-order valence-electron chi connectivity index (χ3n) is 2.80. The Bertz CT molecular complexity index is 726. The number of rotatable bonds is 2. The zero-order chi connectivity index (χ0) is 13.1. The van der Waals surface area contributed by atoms with Crippen molar-refractivity contribution in [1.82, 2.24) is 9.97 Å². The zero-order valence-electron chi connectivity index (χ0n) is 10.5. The van der Waals surface area contributed by atoms with Crippen molar-refractivity contribution in [2.45, 2.75) is 0 Å². The Kier molecular flexibility index (Phi) is 4.27. The number of amides is 1. The number of hydrogen-bond donors (Lipinski definition) is 1. The van der Waals surface area contributed by atoms with Crippen LogP contribution in [0.25, 0.3) is 10.9 Å². The lowest BCUT2D eigenvalue weighted by Gasteiger charge is -2.07. The number of nitrogens with one attached hydrogen (secondary N) is 1. The van der Waals surface area contributed by atoms with E-state index in [1.54, 1.807) is 24.5 Å². The van der Waals surface area contributed by atoms with Gasteiger partial charge in [-0.25, -0.2) is 0 Å². The zero-order valence-corrected chi connectivity index (χ0v) is 11.3. The molecule has 0 atom stereocenters. The van der Waals surface area contributed by atoms with Crippen LogP contribution in [0.15, 0.2) is 61.1 Å². The summed E-state index contributed by atoms with van der Waals surface area (Å²) in [6, 6.07) is 13.0. The molecule has 1 aromatic carbocycles. The number of anilines is 1. The van der Waals surface area contributed by atoms with Gasteiger partial charge < -0.3 is 5.32 Å². The number of aromatic nitrogens is 2. The number of fused-ring (bicyclic) bond motifs is 1. The smallest absolute Gasteiger partial charge is 0.257 e. The molecule has 0 aliphatic carbocycles. The largest absolute Gasteiger partial charge is 0.320 e. The highest BCUT2D eigenvalue weighted by Crippen LogP contribution is 2.21. The van der Waals surface area contributed by atoms with E-state index in [1.165, 1.54) is 6.20 Å². The van der Waals surface area contributed by atoms with Gasteiger partial charge in [0.1, 0.15) is 0 Å². The molecule has 0 unspecified atom stereocenters. The minimum atomic E-state index is -0.189. The first kappa shape index (κ1) is 14.0. The van der Waals surface area contributed by atoms with Crippen LogP contribution in [0.5, 0.6) is 0 Å². The molecular weight excluding hydrogens is 274 g/mol. The van der Waals surface area contributed by atoms with Crippen LogP contribution in [0.4, 0.5) is 5.69 Å². The highest BCUT2D eigenvalue weighted by atomic mass is 35.5. The Labute approximate surface area is 122 Å². The van der Waals surface area contributed by atoms with Gasteiger partial charge in [-0.3, -0.25) is 14.8 Å². The van der Waals surface area contributed by atoms with E-state index < -0.39 is 0 Å². The Morgan fingerprint density at radius 1 is 1.00 bits per heavy atom. The average Bonchev–Trinajstić information content (AvgIpc) is 2.48. The summed E-state index contributed by atoms with van der Waals surface area (Å²) in [7, 11) is 0. The standard InChI is InChI=1S/C15H11N3O.ClH/c19-15(12-6-2-8-16-10-12)18-13-7-1-4-11-5-3-9-17-14(11)13;/h1-10H,(H,18,19);1H. The molecule has 5 heteroatoms. The molecular formula is C15H12ClN3O. The van der Waals surface area contributed by atoms with Crippen LogP contribution in [0.1, 0.15) is 10.4 Å². The van der Waals surface area contributed by atoms with Crippen LogP contribution in [0, 0.1) is 0 Å². The summed E-state index contributed by atoms with van der Waals surface area (Å²) in [5.74, 6) is -0.189. The fraction of sp³-hybridized carbons (Fsp3) is 0. The first-order valence-corrected chi connectivity index (χ1v) is 5.90. The number of benzene rings is 1. The second-order valence-corrected chi connectivity index (χ2v) is 4.08. The van der Waals surface area contributed by atoms with Gasteiger partial charge in [0.2, 0.25) is 0 Å². The van der Waals surface area contributed by atoms with Gasteiger partial charge in [-0.15, -0.1) is 12.4 Å². The number of halogens is 1. The highest BCUT2D eigenvalue weighted by molar-refractivity contribution is 6.08. The predicted molar refractivity (Wildman–Crippen MR) is 81.2 cm³/mol. The van der Waals surface area contributed by atoms with Gasteiger partial charge in [0, 0.05) is 24.0 Å². The fourth-order valence-corrected chi connectivity index (χ4v) is 1.90. The van der Waals surface area contributed by atoms with Crippen molar-refractivity contribution >= 4 is 34.9 Å². The first-order chi connectivity index (χ1) is 9.34. The molecule has 100 valence electrons. The third kappa shape index (κ3) is 2.75. The second-order valence-electron chi connectivity index (χ2n) is 4.08. The van der Waals surface area contributed by atoms with Gasteiger partial charge in [0.05, 0.1) is 16.8 Å². The molecule has 4 nitrogen and oxygen atoms in total. The lowest BCUT2D eigenvalue weighted by Crippen LogP contribution is -2.12. The average molecular weight is 286 g/mol. The van der Waals surface area contributed by atoms with Crippen molar-refractivity contribution in [3.05, 3.63) is 66.6 Å². The maximum absolute atomic E-state index is 12.1. The molecule has 2 aromatic heterocycles. The number of hydrogen-bond acceptors (Lipinski definition) is 3. The van der Waals surface area contributed by atoms with E-state index in [1.807, 2.05) is 30.3 Å². The van der Waals surface area contributed by atoms with Crippen LogP contribution in [-0.2, 0) is 0 Å². The van der Waals surface area contributed by atoms with Gasteiger partial charge in [-0.2, -0.15) is 0 Å². The molecule has 0 fully saturated rings. The van der Waals surface area contributed by atoms with Gasteiger partial charge >= 0.3 is 0 Å². The second kappa shape index (κ2) is 6.12. The molecule has 2 heterocycles. The Morgan fingerprint density at radius 3 is 2.60 bits per heavy atom. The van der Waals surface area contributed by atoms with E-state index in [0.717, 1.165) is 10.9 Å². The predicted octanol–water partition coefficient (Wildman–Crippen LogP) is 3.30. The number of carbonyl (C=O) groups excluding carboxylic acids is 1. The monoisotopic (exact) mass is 285 g/mol. The fourth-order valence-electron chi connectivity index (χ4n) is 1.90. The van der Waals surface area contributed by atoms with Crippen LogP contribution in [0.2, 0.25) is 0 Å². The van der Waals surface area contributed by atoms with Gasteiger partial charge in [-0.05, 0) is 24.3 Å². The highest BCUT2D eigenvalue weighted by Gasteiger charge is 2.08. The summed E-state index contributed by atoms with van der Waals surface area (Å²) in [6.45, 7) is 0. The van der Waals surface area contributed by atoms with Crippen molar-refractivity contribution in [2.24, 2.45) is 0 Å². The molecule has 0 spiro atoms. The summed E-state index contributed by atoms with van der Waals surface area (Å²) in [5, 5.41) is 3.85. The normalized spacial score (nSPS) is 9.80. The molecule has 3 aromatic rings. The van der Waals surface area contributed by atoms with Crippen molar-refractivity contribution in [3.8, 4) is 0 Å². The van der Waals surface area contributed by atoms with E-state index in [-0.39, 0.29) is 18.3 Å². The molecule has 1 amide bonds. The molecule has 0 saturated carbocycles. The Hall–Kier alpha value is -2.46. The SMILES string of the molecule is Cl.O=C(Nc1cccc2cccnc12)c1cccnc1. The molecule has 3 rings (SSSR count). The van der Waals surface area contributed by atoms with Gasteiger partial charge in [0.15, 0.2) is 0 Å². The molecule has 0 radical (unpaired) electrons. The van der Waals surface area contributed by atoms with Crippen LogP contribution < -0.4 is 5.32 Å². The van der Waals surface area contributed by atoms with Crippen LogP contribution in [0.3, 0.4) is 0 Å². The van der Waals surface area contributed by atoms with Gasteiger partial charge in [-0.1, -0.05) is 18.2 Å². The van der Waals surface area contributed by atoms with Crippen LogP contribution >= 0.6 is 12.4 Å². The lowest BCUT2D eigenvalue weighted by molar-refractivity contribution is 0.102. The van der Waals surface area contributed by atoms with E-state index in [9.17, 15) is 4.79 Å². The van der Waals surface area contributed by atoms with E-state index in [2.05, 4.69) is 15.3 Å². The summed E-state index contributed by atoms with van der Waals surface area (Å²) in [5.41, 5.74) is 2.00. The van der Waals surface area contributed by atoms with E-state index in [4.69, 9.17) is 0 Å². The summed E-state index contributed by atoms with van der Waals surface area (Å²) in [4.78, 5) is 20.3. The third-order valence-corrected chi connectivity index (χ3v) is 2.80. The van der Waals surface area contributed by atoms with Crippen molar-refractivity contribution < 1.29 is 4.79 Å². The van der Waals surface area contributed by atoms with Crippen molar-refractivity contribution in [2.75, 3.05) is 5.32 Å². The summed E-state index contributed by atoms with van der Waals surface area (Å²) in [6.07, 6.45) is 4.88. The minimum Gasteiger partial charge on any atom is -0.320 e. The first-order valence-electron chi connectivity index (χ1n) is 5.90. The quantitative estimate of drug-likeness (QED) is 0.786. The lowest BCUT2D eigenvalue weighted by atomic mass is 10.2. The number of para-hydroxylation sites is 1. The molecule has 0 aliphatic rings. The van der Waals surface area contributed by atoms with Gasteiger partial charge in [0.25, 0.3) is 5.91 Å². The molecule has 0 saturated heterocycles. The number of carbonyl (C=O) groups is 1. The molecule has 1 N–H and O–H groups in total. The minimum absolute atomic E-state index is 0. The molecule has 0 aliphatic heterocycles. The maximum Gasteiger partial charge on any atom is 0.257 e. The summed E-state index contributed by atoms with van der Waals surface area (Å²) >= 11 is 0. The van der Waals surface area contributed by atoms with Crippen LogP contribution in [-0.4, -0.2) is 15.9 Å². The molecule has 0 bridgehead atoms. The van der Waals surface area contributed by atoms with Crippen molar-refractivity contribution in [1.29, 1.82) is 0 Å². The number of pyridine rings is 2.